The first-order chi connectivity index (χ1) is 12.6. The monoisotopic (exact) mass is 355 g/mol. The van der Waals surface area contributed by atoms with Crippen molar-refractivity contribution < 1.29 is 18.3 Å². The number of nitrogens with zero attached hydrogens (tertiary/aromatic N) is 1. The lowest BCUT2D eigenvalue weighted by atomic mass is 10.2. The average molecular weight is 355 g/mol. The zero-order valence-corrected chi connectivity index (χ0v) is 13.6. The number of amides is 2. The summed E-state index contributed by atoms with van der Waals surface area (Å²) < 4.78 is 31.8. The number of pyridine rings is 1. The van der Waals surface area contributed by atoms with E-state index < -0.39 is 6.03 Å². The van der Waals surface area contributed by atoms with Crippen molar-refractivity contribution in [2.75, 3.05) is 5.32 Å². The second kappa shape index (κ2) is 8.06. The van der Waals surface area contributed by atoms with Crippen LogP contribution in [0.1, 0.15) is 5.56 Å². The van der Waals surface area contributed by atoms with Crippen molar-refractivity contribution in [3.05, 3.63) is 84.1 Å². The number of nitrogens with one attached hydrogen (secondary N) is 2. The van der Waals surface area contributed by atoms with Crippen molar-refractivity contribution in [2.24, 2.45) is 0 Å². The predicted octanol–water partition coefficient (Wildman–Crippen LogP) is 4.47. The molecule has 0 radical (unpaired) electrons. The first kappa shape index (κ1) is 17.3. The van der Waals surface area contributed by atoms with Crippen LogP contribution in [0, 0.1) is 11.6 Å². The van der Waals surface area contributed by atoms with Gasteiger partial charge in [-0.3, -0.25) is 0 Å². The third kappa shape index (κ3) is 4.76. The fourth-order valence-electron chi connectivity index (χ4n) is 2.13. The number of ether oxygens (including phenoxy) is 1. The average Bonchev–Trinajstić information content (AvgIpc) is 2.64. The fraction of sp³-hybridized carbons (Fsp3) is 0.0526. The molecule has 2 amide bonds. The highest BCUT2D eigenvalue weighted by Gasteiger charge is 2.06. The van der Waals surface area contributed by atoms with Gasteiger partial charge in [-0.15, -0.1) is 0 Å². The van der Waals surface area contributed by atoms with Crippen molar-refractivity contribution in [1.29, 1.82) is 0 Å². The Morgan fingerprint density at radius 2 is 1.77 bits per heavy atom. The molecule has 0 aliphatic carbocycles. The molecule has 0 aliphatic rings. The highest BCUT2D eigenvalue weighted by Crippen LogP contribution is 2.20. The Kier molecular flexibility index (Phi) is 5.38. The lowest BCUT2D eigenvalue weighted by Gasteiger charge is -2.09. The molecule has 3 aromatic rings. The van der Waals surface area contributed by atoms with Gasteiger partial charge in [0.1, 0.15) is 17.4 Å². The number of hydrogen-bond donors (Lipinski definition) is 2. The first-order valence-electron chi connectivity index (χ1n) is 7.78. The summed E-state index contributed by atoms with van der Waals surface area (Å²) in [5, 5.41) is 5.15. The summed E-state index contributed by atoms with van der Waals surface area (Å²) in [6.45, 7) is 0.0672. The maximum atomic E-state index is 13.5. The zero-order valence-electron chi connectivity index (χ0n) is 13.6. The minimum atomic E-state index is -0.484. The summed E-state index contributed by atoms with van der Waals surface area (Å²) in [4.78, 5) is 15.9. The molecule has 7 heteroatoms. The highest BCUT2D eigenvalue weighted by atomic mass is 19.1. The van der Waals surface area contributed by atoms with Crippen molar-refractivity contribution in [3.63, 3.8) is 0 Å². The quantitative estimate of drug-likeness (QED) is 0.710. The molecule has 0 saturated carbocycles. The van der Waals surface area contributed by atoms with E-state index in [4.69, 9.17) is 4.74 Å². The van der Waals surface area contributed by atoms with Gasteiger partial charge in [-0.2, -0.15) is 0 Å². The Morgan fingerprint density at radius 3 is 2.46 bits per heavy atom. The first-order valence-corrected chi connectivity index (χ1v) is 7.78. The van der Waals surface area contributed by atoms with E-state index in [1.165, 1.54) is 36.5 Å². The number of hydrogen-bond acceptors (Lipinski definition) is 3. The van der Waals surface area contributed by atoms with E-state index in [1.54, 1.807) is 30.3 Å². The summed E-state index contributed by atoms with van der Waals surface area (Å²) >= 11 is 0. The summed E-state index contributed by atoms with van der Waals surface area (Å²) in [6, 6.07) is 14.4. The van der Waals surface area contributed by atoms with E-state index in [2.05, 4.69) is 15.6 Å². The normalized spacial score (nSPS) is 10.2. The van der Waals surface area contributed by atoms with Crippen LogP contribution in [0.5, 0.6) is 11.6 Å². The largest absolute Gasteiger partial charge is 0.439 e. The van der Waals surface area contributed by atoms with Gasteiger partial charge in [0.15, 0.2) is 0 Å². The Balaban J connectivity index is 1.52. The van der Waals surface area contributed by atoms with Crippen molar-refractivity contribution in [3.8, 4) is 11.6 Å². The number of rotatable bonds is 5. The molecule has 0 bridgehead atoms. The second-order valence-corrected chi connectivity index (χ2v) is 5.34. The van der Waals surface area contributed by atoms with Crippen LogP contribution in [-0.2, 0) is 6.54 Å². The Morgan fingerprint density at radius 1 is 1.00 bits per heavy atom. The van der Waals surface area contributed by atoms with E-state index in [-0.39, 0.29) is 18.2 Å². The Labute approximate surface area is 148 Å². The molecule has 1 heterocycles. The number of anilines is 1. The lowest BCUT2D eigenvalue weighted by Crippen LogP contribution is -2.28. The molecule has 3 rings (SSSR count). The molecular weight excluding hydrogens is 340 g/mol. The van der Waals surface area contributed by atoms with Gasteiger partial charge in [0, 0.05) is 18.2 Å². The number of benzene rings is 2. The number of carbonyl (C=O) groups excluding carboxylic acids is 1. The van der Waals surface area contributed by atoms with Gasteiger partial charge in [0.25, 0.3) is 0 Å². The molecule has 26 heavy (non-hydrogen) atoms. The summed E-state index contributed by atoms with van der Waals surface area (Å²) in [5.74, 6) is 0.0131. The molecule has 0 fully saturated rings. The molecule has 0 spiro atoms. The number of carbonyl (C=O) groups is 1. The van der Waals surface area contributed by atoms with E-state index >= 15 is 0 Å². The third-order valence-electron chi connectivity index (χ3n) is 3.43. The van der Waals surface area contributed by atoms with Gasteiger partial charge < -0.3 is 15.4 Å². The smallest absolute Gasteiger partial charge is 0.319 e. The van der Waals surface area contributed by atoms with Gasteiger partial charge in [-0.05, 0) is 36.4 Å². The molecule has 0 unspecified atom stereocenters. The van der Waals surface area contributed by atoms with Crippen molar-refractivity contribution in [1.82, 2.24) is 10.3 Å². The lowest BCUT2D eigenvalue weighted by molar-refractivity contribution is 0.251. The van der Waals surface area contributed by atoms with Crippen LogP contribution < -0.4 is 15.4 Å². The molecule has 0 atom stereocenters. The van der Waals surface area contributed by atoms with E-state index in [1.807, 2.05) is 0 Å². The summed E-state index contributed by atoms with van der Waals surface area (Å²) in [7, 11) is 0. The van der Waals surface area contributed by atoms with E-state index in [0.717, 1.165) is 0 Å². The van der Waals surface area contributed by atoms with Crippen molar-refractivity contribution in [2.45, 2.75) is 6.54 Å². The van der Waals surface area contributed by atoms with Crippen LogP contribution in [0.4, 0.5) is 19.3 Å². The summed E-state index contributed by atoms with van der Waals surface area (Å²) in [6.07, 6.45) is 1.42. The zero-order chi connectivity index (χ0) is 18.4. The number of halogens is 2. The minimum absolute atomic E-state index is 0.0672. The second-order valence-electron chi connectivity index (χ2n) is 5.34. The van der Waals surface area contributed by atoms with Gasteiger partial charge in [0.2, 0.25) is 5.88 Å². The SMILES string of the molecule is O=C(NCc1ccccc1F)Nc1ccc(Oc2ccc(F)cc2)nc1. The summed E-state index contributed by atoms with van der Waals surface area (Å²) in [5.41, 5.74) is 0.839. The van der Waals surface area contributed by atoms with Crippen LogP contribution in [0.3, 0.4) is 0 Å². The standard InChI is InChI=1S/C19H15F2N3O2/c20-14-5-8-16(9-6-14)26-18-10-7-15(12-22-18)24-19(25)23-11-13-3-1-2-4-17(13)21/h1-10,12H,11H2,(H2,23,24,25). The van der Waals surface area contributed by atoms with Crippen LogP contribution in [0.2, 0.25) is 0 Å². The Bertz CT molecular complexity index is 884. The van der Waals surface area contributed by atoms with Crippen LogP contribution in [0.25, 0.3) is 0 Å². The molecular formula is C19H15F2N3O2. The highest BCUT2D eigenvalue weighted by molar-refractivity contribution is 5.88. The molecule has 2 aromatic carbocycles. The molecule has 0 aliphatic heterocycles. The van der Waals surface area contributed by atoms with E-state index in [9.17, 15) is 13.6 Å². The molecule has 132 valence electrons. The van der Waals surface area contributed by atoms with Crippen LogP contribution in [0.15, 0.2) is 66.9 Å². The van der Waals surface area contributed by atoms with Gasteiger partial charge in [0.05, 0.1) is 11.9 Å². The predicted molar refractivity (Wildman–Crippen MR) is 93.0 cm³/mol. The topological polar surface area (TPSA) is 63.2 Å². The molecule has 2 N–H and O–H groups in total. The number of aromatic nitrogens is 1. The van der Waals surface area contributed by atoms with Gasteiger partial charge >= 0.3 is 6.03 Å². The molecule has 0 saturated heterocycles. The van der Waals surface area contributed by atoms with Gasteiger partial charge in [-0.25, -0.2) is 18.6 Å². The Hall–Kier alpha value is -3.48. The van der Waals surface area contributed by atoms with E-state index in [0.29, 0.717) is 22.9 Å². The maximum absolute atomic E-state index is 13.5. The minimum Gasteiger partial charge on any atom is -0.439 e. The third-order valence-corrected chi connectivity index (χ3v) is 3.43. The maximum Gasteiger partial charge on any atom is 0.319 e. The van der Waals surface area contributed by atoms with Crippen LogP contribution >= 0.6 is 0 Å². The van der Waals surface area contributed by atoms with Crippen LogP contribution in [-0.4, -0.2) is 11.0 Å². The van der Waals surface area contributed by atoms with Crippen molar-refractivity contribution >= 4 is 11.7 Å². The fourth-order valence-corrected chi connectivity index (χ4v) is 2.13. The molecule has 1 aromatic heterocycles. The number of urea groups is 1. The molecule has 5 nitrogen and oxygen atoms in total. The van der Waals surface area contributed by atoms with Gasteiger partial charge in [-0.1, -0.05) is 18.2 Å².